The summed E-state index contributed by atoms with van der Waals surface area (Å²) in [6, 6.07) is 3.02. The van der Waals surface area contributed by atoms with E-state index in [0.717, 1.165) is 6.07 Å². The molecule has 8 heteroatoms. The molecule has 0 radical (unpaired) electrons. The minimum atomic E-state index is -4.54. The number of urea groups is 1. The van der Waals surface area contributed by atoms with Crippen molar-refractivity contribution in [2.75, 3.05) is 20.3 Å². The van der Waals surface area contributed by atoms with Crippen molar-refractivity contribution in [3.8, 4) is 5.75 Å². The Hall–Kier alpha value is -1.96. The van der Waals surface area contributed by atoms with Gasteiger partial charge in [-0.05, 0) is 29.5 Å². The molecule has 0 fully saturated rings. The molecule has 2 amide bonds. The SMILES string of the molecule is COc1ccc(CNC(=O)NCC(C)(C)CCO)c(C(F)(F)F)c1. The summed E-state index contributed by atoms with van der Waals surface area (Å²) in [5.41, 5.74) is -1.20. The Labute approximate surface area is 139 Å². The normalized spacial score (nSPS) is 12.0. The van der Waals surface area contributed by atoms with Crippen LogP contribution in [0.25, 0.3) is 0 Å². The summed E-state index contributed by atoms with van der Waals surface area (Å²) in [5, 5.41) is 13.9. The van der Waals surface area contributed by atoms with Crippen LogP contribution in [-0.4, -0.2) is 31.4 Å². The Morgan fingerprint density at radius 3 is 2.46 bits per heavy atom. The summed E-state index contributed by atoms with van der Waals surface area (Å²) in [5.74, 6) is 0.0984. The van der Waals surface area contributed by atoms with Gasteiger partial charge in [0.15, 0.2) is 0 Å². The van der Waals surface area contributed by atoms with Crippen LogP contribution in [0.3, 0.4) is 0 Å². The van der Waals surface area contributed by atoms with Crippen molar-refractivity contribution >= 4 is 6.03 Å². The first-order valence-electron chi connectivity index (χ1n) is 7.46. The highest BCUT2D eigenvalue weighted by Crippen LogP contribution is 2.34. The Morgan fingerprint density at radius 2 is 1.92 bits per heavy atom. The summed E-state index contributed by atoms with van der Waals surface area (Å²) >= 11 is 0. The average Bonchev–Trinajstić information content (AvgIpc) is 2.50. The van der Waals surface area contributed by atoms with Crippen molar-refractivity contribution in [2.45, 2.75) is 33.0 Å². The number of nitrogens with one attached hydrogen (secondary N) is 2. The van der Waals surface area contributed by atoms with E-state index in [1.807, 2.05) is 13.8 Å². The lowest BCUT2D eigenvalue weighted by Gasteiger charge is -2.24. The molecular formula is C16H23F3N2O3. The molecule has 0 spiro atoms. The molecule has 136 valence electrons. The minimum Gasteiger partial charge on any atom is -0.497 e. The Bertz CT molecular complexity index is 560. The van der Waals surface area contributed by atoms with Crippen molar-refractivity contribution in [3.05, 3.63) is 29.3 Å². The van der Waals surface area contributed by atoms with Gasteiger partial charge in [-0.3, -0.25) is 0 Å². The second kappa shape index (κ2) is 8.23. The number of hydrogen-bond donors (Lipinski definition) is 3. The molecule has 0 unspecified atom stereocenters. The van der Waals surface area contributed by atoms with Gasteiger partial charge < -0.3 is 20.5 Å². The highest BCUT2D eigenvalue weighted by molar-refractivity contribution is 5.73. The fraction of sp³-hybridized carbons (Fsp3) is 0.562. The molecule has 1 rings (SSSR count). The fourth-order valence-electron chi connectivity index (χ4n) is 2.05. The smallest absolute Gasteiger partial charge is 0.416 e. The quantitative estimate of drug-likeness (QED) is 0.710. The van der Waals surface area contributed by atoms with Crippen LogP contribution in [-0.2, 0) is 12.7 Å². The molecule has 0 aromatic heterocycles. The largest absolute Gasteiger partial charge is 0.497 e. The number of carbonyl (C=O) groups is 1. The second-order valence-electron chi connectivity index (χ2n) is 6.19. The number of ether oxygens (including phenoxy) is 1. The molecule has 3 N–H and O–H groups in total. The number of aliphatic hydroxyl groups excluding tert-OH is 1. The summed E-state index contributed by atoms with van der Waals surface area (Å²) in [6.45, 7) is 3.78. The number of methoxy groups -OCH3 is 1. The maximum Gasteiger partial charge on any atom is 0.416 e. The van der Waals surface area contributed by atoms with Gasteiger partial charge in [0, 0.05) is 19.7 Å². The lowest BCUT2D eigenvalue weighted by molar-refractivity contribution is -0.138. The van der Waals surface area contributed by atoms with E-state index in [4.69, 9.17) is 9.84 Å². The third kappa shape index (κ3) is 6.27. The summed E-state index contributed by atoms with van der Waals surface area (Å²) < 4.78 is 44.0. The fourth-order valence-corrected chi connectivity index (χ4v) is 2.05. The average molecular weight is 348 g/mol. The summed E-state index contributed by atoms with van der Waals surface area (Å²) in [4.78, 5) is 11.8. The molecule has 0 saturated carbocycles. The number of carbonyl (C=O) groups excluding carboxylic acids is 1. The van der Waals surface area contributed by atoms with Gasteiger partial charge in [-0.15, -0.1) is 0 Å². The number of alkyl halides is 3. The van der Waals surface area contributed by atoms with E-state index in [0.29, 0.717) is 13.0 Å². The number of aliphatic hydroxyl groups is 1. The second-order valence-corrected chi connectivity index (χ2v) is 6.19. The van der Waals surface area contributed by atoms with Gasteiger partial charge in [0.05, 0.1) is 12.7 Å². The lowest BCUT2D eigenvalue weighted by Crippen LogP contribution is -2.40. The van der Waals surface area contributed by atoms with Gasteiger partial charge in [0.25, 0.3) is 0 Å². The predicted molar refractivity (Wildman–Crippen MR) is 83.7 cm³/mol. The van der Waals surface area contributed by atoms with Crippen LogP contribution in [0.1, 0.15) is 31.4 Å². The van der Waals surface area contributed by atoms with Crippen molar-refractivity contribution in [2.24, 2.45) is 5.41 Å². The topological polar surface area (TPSA) is 70.6 Å². The standard InChI is InChI=1S/C16H23F3N2O3/c1-15(2,6-7-22)10-21-14(23)20-9-11-4-5-12(24-3)8-13(11)16(17,18)19/h4-5,8,22H,6-7,9-10H2,1-3H3,(H2,20,21,23). The molecule has 5 nitrogen and oxygen atoms in total. The molecule has 0 bridgehead atoms. The van der Waals surface area contributed by atoms with Crippen LogP contribution in [0.15, 0.2) is 18.2 Å². The predicted octanol–water partition coefficient (Wildman–Crippen LogP) is 2.92. The van der Waals surface area contributed by atoms with Crippen LogP contribution in [0.5, 0.6) is 5.75 Å². The zero-order valence-corrected chi connectivity index (χ0v) is 14.0. The van der Waals surface area contributed by atoms with Gasteiger partial charge >= 0.3 is 12.2 Å². The van der Waals surface area contributed by atoms with Crippen LogP contribution >= 0.6 is 0 Å². The van der Waals surface area contributed by atoms with Gasteiger partial charge in [0.2, 0.25) is 0 Å². The summed E-state index contributed by atoms with van der Waals surface area (Å²) in [7, 11) is 1.29. The van der Waals surface area contributed by atoms with Crippen LogP contribution in [0, 0.1) is 5.41 Å². The van der Waals surface area contributed by atoms with E-state index in [2.05, 4.69) is 10.6 Å². The van der Waals surface area contributed by atoms with E-state index in [-0.39, 0.29) is 29.9 Å². The third-order valence-corrected chi connectivity index (χ3v) is 3.58. The molecule has 0 saturated heterocycles. The van der Waals surface area contributed by atoms with E-state index >= 15 is 0 Å². The number of halogens is 3. The molecule has 0 aliphatic carbocycles. The Balaban J connectivity index is 2.69. The van der Waals surface area contributed by atoms with Crippen molar-refractivity contribution < 1.29 is 27.8 Å². The third-order valence-electron chi connectivity index (χ3n) is 3.58. The minimum absolute atomic E-state index is 0.00289. The van der Waals surface area contributed by atoms with E-state index in [9.17, 15) is 18.0 Å². The molecular weight excluding hydrogens is 325 g/mol. The highest BCUT2D eigenvalue weighted by atomic mass is 19.4. The van der Waals surface area contributed by atoms with Gasteiger partial charge in [-0.25, -0.2) is 4.79 Å². The van der Waals surface area contributed by atoms with Crippen LogP contribution in [0.4, 0.5) is 18.0 Å². The number of benzene rings is 1. The zero-order valence-electron chi connectivity index (χ0n) is 14.0. The first-order chi connectivity index (χ1) is 11.1. The first-order valence-corrected chi connectivity index (χ1v) is 7.46. The van der Waals surface area contributed by atoms with E-state index in [1.165, 1.54) is 19.2 Å². The van der Waals surface area contributed by atoms with Gasteiger partial charge in [-0.2, -0.15) is 13.2 Å². The van der Waals surface area contributed by atoms with E-state index < -0.39 is 17.8 Å². The van der Waals surface area contributed by atoms with E-state index in [1.54, 1.807) is 0 Å². The molecule has 24 heavy (non-hydrogen) atoms. The molecule has 0 aliphatic rings. The van der Waals surface area contributed by atoms with Crippen LogP contribution in [0.2, 0.25) is 0 Å². The van der Waals surface area contributed by atoms with Crippen molar-refractivity contribution in [1.29, 1.82) is 0 Å². The van der Waals surface area contributed by atoms with Gasteiger partial charge in [-0.1, -0.05) is 19.9 Å². The molecule has 0 aliphatic heterocycles. The van der Waals surface area contributed by atoms with Crippen molar-refractivity contribution in [1.82, 2.24) is 10.6 Å². The summed E-state index contributed by atoms with van der Waals surface area (Å²) in [6.07, 6.45) is -4.03. The molecule has 1 aromatic carbocycles. The Morgan fingerprint density at radius 1 is 1.25 bits per heavy atom. The van der Waals surface area contributed by atoms with Crippen molar-refractivity contribution in [3.63, 3.8) is 0 Å². The maximum absolute atomic E-state index is 13.1. The molecule has 0 heterocycles. The monoisotopic (exact) mass is 348 g/mol. The van der Waals surface area contributed by atoms with Gasteiger partial charge in [0.1, 0.15) is 5.75 Å². The number of hydrogen-bond acceptors (Lipinski definition) is 3. The molecule has 0 atom stereocenters. The maximum atomic E-state index is 13.1. The van der Waals surface area contributed by atoms with Crippen LogP contribution < -0.4 is 15.4 Å². The zero-order chi connectivity index (χ0) is 18.4. The molecule has 1 aromatic rings. The first kappa shape index (κ1) is 20.1. The number of amides is 2. The Kier molecular flexibility index (Phi) is 6.89. The number of rotatable bonds is 7. The highest BCUT2D eigenvalue weighted by Gasteiger charge is 2.33. The lowest BCUT2D eigenvalue weighted by atomic mass is 9.90.